The molecule has 5 heteroatoms. The molecular formula is C15H21FN4. The molecule has 0 aliphatic rings. The van der Waals surface area contributed by atoms with E-state index in [-0.39, 0.29) is 11.9 Å². The van der Waals surface area contributed by atoms with E-state index in [1.807, 2.05) is 37.1 Å². The highest BCUT2D eigenvalue weighted by Gasteiger charge is 2.18. The molecule has 2 rings (SSSR count). The zero-order chi connectivity index (χ0) is 14.5. The van der Waals surface area contributed by atoms with Crippen LogP contribution in [0, 0.1) is 5.82 Å². The van der Waals surface area contributed by atoms with Crippen molar-refractivity contribution in [2.75, 3.05) is 13.6 Å². The third-order valence-electron chi connectivity index (χ3n) is 3.49. The lowest BCUT2D eigenvalue weighted by Gasteiger charge is -2.26. The molecule has 0 saturated carbocycles. The lowest BCUT2D eigenvalue weighted by atomic mass is 10.1. The first-order chi connectivity index (χ1) is 9.65. The van der Waals surface area contributed by atoms with Crippen LogP contribution in [0.1, 0.15) is 24.1 Å². The van der Waals surface area contributed by atoms with Gasteiger partial charge in [-0.2, -0.15) is 5.10 Å². The molecule has 1 unspecified atom stereocenters. The predicted octanol–water partition coefficient (Wildman–Crippen LogP) is 2.17. The molecule has 0 bridgehead atoms. The minimum absolute atomic E-state index is 0.0370. The van der Waals surface area contributed by atoms with Gasteiger partial charge < -0.3 is 5.73 Å². The molecule has 0 amide bonds. The number of nitrogens with zero attached hydrogens (tertiary/aromatic N) is 3. The van der Waals surface area contributed by atoms with Crippen LogP contribution in [-0.2, 0) is 13.1 Å². The van der Waals surface area contributed by atoms with E-state index in [4.69, 9.17) is 5.73 Å². The van der Waals surface area contributed by atoms with Crippen molar-refractivity contribution in [3.63, 3.8) is 0 Å². The van der Waals surface area contributed by atoms with Crippen molar-refractivity contribution in [3.8, 4) is 0 Å². The fourth-order valence-corrected chi connectivity index (χ4v) is 2.30. The summed E-state index contributed by atoms with van der Waals surface area (Å²) in [5.41, 5.74) is 7.62. The van der Waals surface area contributed by atoms with E-state index >= 15 is 0 Å². The SMILES string of the molecule is CCn1cc(C(CN)N(C)Cc2ccccc2F)cn1. The summed E-state index contributed by atoms with van der Waals surface area (Å²) in [5, 5.41) is 4.27. The van der Waals surface area contributed by atoms with E-state index < -0.39 is 0 Å². The fraction of sp³-hybridized carbons (Fsp3) is 0.400. The van der Waals surface area contributed by atoms with Crippen LogP contribution in [0.25, 0.3) is 0 Å². The Labute approximate surface area is 119 Å². The van der Waals surface area contributed by atoms with Crippen molar-refractivity contribution in [2.45, 2.75) is 26.1 Å². The number of halogens is 1. The Morgan fingerprint density at radius 3 is 2.75 bits per heavy atom. The number of benzene rings is 1. The maximum Gasteiger partial charge on any atom is 0.127 e. The van der Waals surface area contributed by atoms with Gasteiger partial charge in [-0.1, -0.05) is 18.2 Å². The lowest BCUT2D eigenvalue weighted by Crippen LogP contribution is -2.30. The van der Waals surface area contributed by atoms with Crippen molar-refractivity contribution in [1.29, 1.82) is 0 Å². The highest BCUT2D eigenvalue weighted by Crippen LogP contribution is 2.20. The van der Waals surface area contributed by atoms with E-state index in [2.05, 4.69) is 10.00 Å². The van der Waals surface area contributed by atoms with Crippen LogP contribution in [0.5, 0.6) is 0 Å². The molecule has 2 aromatic rings. The van der Waals surface area contributed by atoms with Crippen LogP contribution in [0.4, 0.5) is 4.39 Å². The number of hydrogen-bond acceptors (Lipinski definition) is 3. The van der Waals surface area contributed by atoms with Crippen LogP contribution >= 0.6 is 0 Å². The Hall–Kier alpha value is -1.72. The fourth-order valence-electron chi connectivity index (χ4n) is 2.30. The molecule has 0 aliphatic heterocycles. The normalized spacial score (nSPS) is 12.8. The number of aromatic nitrogens is 2. The molecule has 1 heterocycles. The van der Waals surface area contributed by atoms with E-state index in [0.717, 1.165) is 12.1 Å². The Balaban J connectivity index is 2.13. The predicted molar refractivity (Wildman–Crippen MR) is 77.6 cm³/mol. The van der Waals surface area contributed by atoms with Crippen LogP contribution in [0.15, 0.2) is 36.7 Å². The van der Waals surface area contributed by atoms with Gasteiger partial charge in [0.2, 0.25) is 0 Å². The first-order valence-corrected chi connectivity index (χ1v) is 6.81. The Morgan fingerprint density at radius 2 is 2.15 bits per heavy atom. The molecule has 0 aliphatic carbocycles. The van der Waals surface area contributed by atoms with Gasteiger partial charge in [-0.25, -0.2) is 4.39 Å². The van der Waals surface area contributed by atoms with Gasteiger partial charge in [-0.15, -0.1) is 0 Å². The molecule has 1 aromatic heterocycles. The third-order valence-corrected chi connectivity index (χ3v) is 3.49. The molecule has 0 fully saturated rings. The van der Waals surface area contributed by atoms with E-state index in [1.165, 1.54) is 6.07 Å². The number of rotatable bonds is 6. The van der Waals surface area contributed by atoms with Crippen molar-refractivity contribution in [3.05, 3.63) is 53.6 Å². The molecule has 1 atom stereocenters. The average Bonchev–Trinajstić information content (AvgIpc) is 2.91. The summed E-state index contributed by atoms with van der Waals surface area (Å²) in [4.78, 5) is 2.05. The van der Waals surface area contributed by atoms with Gasteiger partial charge in [0.25, 0.3) is 0 Å². The average molecular weight is 276 g/mol. The number of likely N-dealkylation sites (N-methyl/N-ethyl adjacent to an activating group) is 1. The molecule has 4 nitrogen and oxygen atoms in total. The minimum atomic E-state index is -0.181. The quantitative estimate of drug-likeness (QED) is 0.879. The zero-order valence-corrected chi connectivity index (χ0v) is 12.0. The van der Waals surface area contributed by atoms with Crippen molar-refractivity contribution in [1.82, 2.24) is 14.7 Å². The summed E-state index contributed by atoms with van der Waals surface area (Å²) >= 11 is 0. The standard InChI is InChI=1S/C15H21FN4/c1-3-20-11-13(9-18-20)15(8-17)19(2)10-12-6-4-5-7-14(12)16/h4-7,9,11,15H,3,8,10,17H2,1-2H3. The molecular weight excluding hydrogens is 255 g/mol. The van der Waals surface area contributed by atoms with Crippen molar-refractivity contribution < 1.29 is 4.39 Å². The topological polar surface area (TPSA) is 47.1 Å². The van der Waals surface area contributed by atoms with E-state index in [9.17, 15) is 4.39 Å². The highest BCUT2D eigenvalue weighted by molar-refractivity contribution is 5.18. The summed E-state index contributed by atoms with van der Waals surface area (Å²) in [5.74, 6) is -0.181. The molecule has 0 saturated heterocycles. The Morgan fingerprint density at radius 1 is 1.40 bits per heavy atom. The summed E-state index contributed by atoms with van der Waals surface area (Å²) < 4.78 is 15.6. The molecule has 0 radical (unpaired) electrons. The third kappa shape index (κ3) is 3.23. The molecule has 2 N–H and O–H groups in total. The number of nitrogens with two attached hydrogens (primary N) is 1. The van der Waals surface area contributed by atoms with Crippen LogP contribution in [0.3, 0.4) is 0 Å². The van der Waals surface area contributed by atoms with Gasteiger partial charge >= 0.3 is 0 Å². The van der Waals surface area contributed by atoms with Crippen molar-refractivity contribution >= 4 is 0 Å². The second-order valence-electron chi connectivity index (χ2n) is 4.89. The van der Waals surface area contributed by atoms with Gasteiger partial charge in [-0.05, 0) is 20.0 Å². The summed E-state index contributed by atoms with van der Waals surface area (Å²) in [6.07, 6.45) is 3.83. The monoisotopic (exact) mass is 276 g/mol. The molecule has 1 aromatic carbocycles. The van der Waals surface area contributed by atoms with Gasteiger partial charge in [0.05, 0.1) is 12.2 Å². The maximum absolute atomic E-state index is 13.7. The second-order valence-corrected chi connectivity index (χ2v) is 4.89. The molecule has 20 heavy (non-hydrogen) atoms. The Kier molecular flexibility index (Phi) is 4.87. The van der Waals surface area contributed by atoms with E-state index in [1.54, 1.807) is 12.1 Å². The van der Waals surface area contributed by atoms with Gasteiger partial charge in [0.15, 0.2) is 0 Å². The van der Waals surface area contributed by atoms with Gasteiger partial charge in [0, 0.05) is 37.0 Å². The largest absolute Gasteiger partial charge is 0.329 e. The summed E-state index contributed by atoms with van der Waals surface area (Å²) in [7, 11) is 1.95. The van der Waals surface area contributed by atoms with E-state index in [0.29, 0.717) is 18.7 Å². The number of aryl methyl sites for hydroxylation is 1. The maximum atomic E-state index is 13.7. The highest BCUT2D eigenvalue weighted by atomic mass is 19.1. The van der Waals surface area contributed by atoms with Crippen LogP contribution < -0.4 is 5.73 Å². The van der Waals surface area contributed by atoms with Gasteiger partial charge in [-0.3, -0.25) is 9.58 Å². The zero-order valence-electron chi connectivity index (χ0n) is 12.0. The minimum Gasteiger partial charge on any atom is -0.329 e. The van der Waals surface area contributed by atoms with Crippen LogP contribution in [-0.4, -0.2) is 28.3 Å². The van der Waals surface area contributed by atoms with Crippen LogP contribution in [0.2, 0.25) is 0 Å². The lowest BCUT2D eigenvalue weighted by molar-refractivity contribution is 0.238. The summed E-state index contributed by atoms with van der Waals surface area (Å²) in [6, 6.07) is 6.86. The molecule has 108 valence electrons. The smallest absolute Gasteiger partial charge is 0.127 e. The summed E-state index contributed by atoms with van der Waals surface area (Å²) in [6.45, 7) is 3.86. The van der Waals surface area contributed by atoms with Crippen molar-refractivity contribution in [2.24, 2.45) is 5.73 Å². The molecule has 0 spiro atoms. The first kappa shape index (κ1) is 14.7. The second kappa shape index (κ2) is 6.63. The Bertz CT molecular complexity index is 552. The van der Waals surface area contributed by atoms with Gasteiger partial charge in [0.1, 0.15) is 5.82 Å². The first-order valence-electron chi connectivity index (χ1n) is 6.81. The number of hydrogen-bond donors (Lipinski definition) is 1.